The number of ether oxygens (including phenoxy) is 1. The van der Waals surface area contributed by atoms with Gasteiger partial charge in [0, 0.05) is 19.8 Å². The quantitative estimate of drug-likeness (QED) is 0.726. The number of para-hydroxylation sites is 1. The van der Waals surface area contributed by atoms with E-state index < -0.39 is 0 Å². The Hall–Kier alpha value is -3.34. The summed E-state index contributed by atoms with van der Waals surface area (Å²) in [6, 6.07) is 22.8. The van der Waals surface area contributed by atoms with Crippen LogP contribution >= 0.6 is 0 Å². The first-order valence-corrected chi connectivity index (χ1v) is 8.41. The smallest absolute Gasteiger partial charge is 0.317 e. The van der Waals surface area contributed by atoms with Gasteiger partial charge in [-0.25, -0.2) is 4.79 Å². The van der Waals surface area contributed by atoms with E-state index >= 15 is 0 Å². The summed E-state index contributed by atoms with van der Waals surface area (Å²) in [5.74, 6) is 1.52. The van der Waals surface area contributed by atoms with Crippen molar-refractivity contribution in [3.8, 4) is 11.5 Å². The molecule has 2 amide bonds. The summed E-state index contributed by atoms with van der Waals surface area (Å²) in [6.45, 7) is 0.890. The molecule has 5 nitrogen and oxygen atoms in total. The zero-order chi connectivity index (χ0) is 18.2. The molecule has 5 heteroatoms. The second-order valence-corrected chi connectivity index (χ2v) is 5.90. The molecule has 0 atom stereocenters. The van der Waals surface area contributed by atoms with Crippen LogP contribution in [0.15, 0.2) is 79.0 Å². The maximum Gasteiger partial charge on any atom is 0.317 e. The molecule has 0 radical (unpaired) electrons. The lowest BCUT2D eigenvalue weighted by atomic mass is 10.2. The highest BCUT2D eigenvalue weighted by molar-refractivity contribution is 5.73. The van der Waals surface area contributed by atoms with Crippen LogP contribution in [0.4, 0.5) is 4.79 Å². The van der Waals surface area contributed by atoms with Gasteiger partial charge in [-0.2, -0.15) is 0 Å². The monoisotopic (exact) mass is 347 g/mol. The normalized spacial score (nSPS) is 10.2. The van der Waals surface area contributed by atoms with Crippen LogP contribution in [-0.2, 0) is 13.1 Å². The summed E-state index contributed by atoms with van der Waals surface area (Å²) in [6.07, 6.45) is 1.72. The van der Waals surface area contributed by atoms with E-state index in [2.05, 4.69) is 10.3 Å². The van der Waals surface area contributed by atoms with Gasteiger partial charge in [-0.05, 0) is 42.0 Å². The third-order valence-electron chi connectivity index (χ3n) is 3.79. The fourth-order valence-electron chi connectivity index (χ4n) is 2.46. The Balaban J connectivity index is 1.54. The Bertz CT molecular complexity index is 838. The van der Waals surface area contributed by atoms with Gasteiger partial charge in [0.15, 0.2) is 0 Å². The number of hydrogen-bond donors (Lipinski definition) is 1. The molecule has 0 spiro atoms. The molecule has 0 bridgehead atoms. The third kappa shape index (κ3) is 5.08. The van der Waals surface area contributed by atoms with Crippen LogP contribution in [0.25, 0.3) is 0 Å². The van der Waals surface area contributed by atoms with Gasteiger partial charge in [-0.15, -0.1) is 0 Å². The molecular formula is C21H21N3O2. The maximum absolute atomic E-state index is 12.3. The van der Waals surface area contributed by atoms with Crippen molar-refractivity contribution in [2.45, 2.75) is 13.1 Å². The molecule has 0 saturated carbocycles. The van der Waals surface area contributed by atoms with Crippen LogP contribution in [0.1, 0.15) is 11.3 Å². The zero-order valence-corrected chi connectivity index (χ0v) is 14.6. The lowest BCUT2D eigenvalue weighted by Crippen LogP contribution is -2.36. The summed E-state index contributed by atoms with van der Waals surface area (Å²) < 4.78 is 5.82. The van der Waals surface area contributed by atoms with Crippen molar-refractivity contribution in [1.82, 2.24) is 15.2 Å². The predicted octanol–water partition coefficient (Wildman–Crippen LogP) is 4.22. The van der Waals surface area contributed by atoms with Crippen molar-refractivity contribution >= 4 is 6.03 Å². The van der Waals surface area contributed by atoms with Crippen LogP contribution in [0.5, 0.6) is 11.5 Å². The first kappa shape index (κ1) is 17.5. The molecule has 0 unspecified atom stereocenters. The van der Waals surface area contributed by atoms with E-state index in [-0.39, 0.29) is 6.03 Å². The van der Waals surface area contributed by atoms with Gasteiger partial charge in [0.1, 0.15) is 11.5 Å². The molecule has 0 aliphatic rings. The van der Waals surface area contributed by atoms with Crippen molar-refractivity contribution in [1.29, 1.82) is 0 Å². The Morgan fingerprint density at radius 2 is 1.77 bits per heavy atom. The number of rotatable bonds is 6. The molecule has 26 heavy (non-hydrogen) atoms. The number of aromatic nitrogens is 1. The fourth-order valence-corrected chi connectivity index (χ4v) is 2.46. The molecule has 0 fully saturated rings. The van der Waals surface area contributed by atoms with E-state index in [4.69, 9.17) is 4.74 Å². The van der Waals surface area contributed by atoms with E-state index in [0.29, 0.717) is 13.1 Å². The van der Waals surface area contributed by atoms with Crippen molar-refractivity contribution in [2.75, 3.05) is 7.05 Å². The average molecular weight is 347 g/mol. The predicted molar refractivity (Wildman–Crippen MR) is 101 cm³/mol. The summed E-state index contributed by atoms with van der Waals surface area (Å²) in [7, 11) is 1.75. The van der Waals surface area contributed by atoms with Crippen LogP contribution in [0.2, 0.25) is 0 Å². The molecule has 1 heterocycles. The topological polar surface area (TPSA) is 54.5 Å². The summed E-state index contributed by atoms with van der Waals surface area (Å²) in [5, 5.41) is 2.91. The minimum atomic E-state index is -0.148. The van der Waals surface area contributed by atoms with Gasteiger partial charge in [0.2, 0.25) is 0 Å². The first-order chi connectivity index (χ1) is 12.7. The van der Waals surface area contributed by atoms with E-state index in [1.54, 1.807) is 18.1 Å². The van der Waals surface area contributed by atoms with Crippen LogP contribution in [-0.4, -0.2) is 23.0 Å². The lowest BCUT2D eigenvalue weighted by molar-refractivity contribution is 0.206. The van der Waals surface area contributed by atoms with E-state index in [0.717, 1.165) is 22.8 Å². The summed E-state index contributed by atoms with van der Waals surface area (Å²) in [4.78, 5) is 18.1. The Labute approximate surface area is 153 Å². The number of nitrogens with one attached hydrogen (secondary N) is 1. The van der Waals surface area contributed by atoms with E-state index in [1.165, 1.54) is 0 Å². The van der Waals surface area contributed by atoms with Crippen LogP contribution < -0.4 is 10.1 Å². The molecule has 132 valence electrons. The minimum absolute atomic E-state index is 0.148. The van der Waals surface area contributed by atoms with E-state index in [9.17, 15) is 4.79 Å². The Morgan fingerprint density at radius 3 is 2.54 bits per heavy atom. The van der Waals surface area contributed by atoms with Crippen LogP contribution in [0.3, 0.4) is 0 Å². The van der Waals surface area contributed by atoms with Gasteiger partial charge in [0.25, 0.3) is 0 Å². The number of hydrogen-bond acceptors (Lipinski definition) is 3. The number of carbonyl (C=O) groups excluding carboxylic acids is 1. The number of benzene rings is 2. The van der Waals surface area contributed by atoms with Gasteiger partial charge >= 0.3 is 6.03 Å². The number of amides is 2. The first-order valence-electron chi connectivity index (χ1n) is 8.41. The highest BCUT2D eigenvalue weighted by Crippen LogP contribution is 2.21. The second kappa shape index (κ2) is 8.67. The second-order valence-electron chi connectivity index (χ2n) is 5.90. The van der Waals surface area contributed by atoms with Gasteiger partial charge in [-0.3, -0.25) is 4.98 Å². The minimum Gasteiger partial charge on any atom is -0.457 e. The molecule has 0 saturated heterocycles. The molecule has 3 aromatic rings. The highest BCUT2D eigenvalue weighted by Gasteiger charge is 2.09. The molecule has 1 aromatic heterocycles. The van der Waals surface area contributed by atoms with Gasteiger partial charge in [-0.1, -0.05) is 36.4 Å². The third-order valence-corrected chi connectivity index (χ3v) is 3.79. The zero-order valence-electron chi connectivity index (χ0n) is 14.6. The summed E-state index contributed by atoms with van der Waals surface area (Å²) in [5.41, 5.74) is 1.82. The molecule has 3 rings (SSSR count). The molecule has 0 aliphatic carbocycles. The van der Waals surface area contributed by atoms with Crippen molar-refractivity contribution < 1.29 is 9.53 Å². The largest absolute Gasteiger partial charge is 0.457 e. The highest BCUT2D eigenvalue weighted by atomic mass is 16.5. The van der Waals surface area contributed by atoms with Crippen LogP contribution in [0, 0.1) is 0 Å². The lowest BCUT2D eigenvalue weighted by Gasteiger charge is -2.17. The van der Waals surface area contributed by atoms with Gasteiger partial charge in [0.05, 0.1) is 12.2 Å². The Morgan fingerprint density at radius 1 is 1.00 bits per heavy atom. The van der Waals surface area contributed by atoms with Gasteiger partial charge < -0.3 is 15.0 Å². The van der Waals surface area contributed by atoms with Crippen molar-refractivity contribution in [3.63, 3.8) is 0 Å². The van der Waals surface area contributed by atoms with Crippen molar-refractivity contribution in [2.24, 2.45) is 0 Å². The Kier molecular flexibility index (Phi) is 5.83. The molecule has 2 aromatic carbocycles. The van der Waals surface area contributed by atoms with E-state index in [1.807, 2.05) is 72.8 Å². The summed E-state index contributed by atoms with van der Waals surface area (Å²) >= 11 is 0. The average Bonchev–Trinajstić information content (AvgIpc) is 2.68. The number of pyridine rings is 1. The van der Waals surface area contributed by atoms with Crippen molar-refractivity contribution in [3.05, 3.63) is 90.3 Å². The standard InChI is InChI=1S/C21H21N3O2/c1-24(16-18-9-5-6-13-22-18)21(25)23-15-17-8-7-12-20(14-17)26-19-10-3-2-4-11-19/h2-14H,15-16H2,1H3,(H,23,25). The SMILES string of the molecule is CN(Cc1ccccn1)C(=O)NCc1cccc(Oc2ccccc2)c1. The molecule has 0 aliphatic heterocycles. The maximum atomic E-state index is 12.3. The fraction of sp³-hybridized carbons (Fsp3) is 0.143. The molecular weight excluding hydrogens is 326 g/mol. The molecule has 1 N–H and O–H groups in total. The number of carbonyl (C=O) groups is 1. The number of urea groups is 1. The number of nitrogens with zero attached hydrogens (tertiary/aromatic N) is 2.